The normalized spacial score (nSPS) is 11.6. The minimum atomic E-state index is -3.88. The number of benzene rings is 3. The van der Waals surface area contributed by atoms with Crippen molar-refractivity contribution < 1.29 is 26.4 Å². The lowest BCUT2D eigenvalue weighted by Gasteiger charge is -2.23. The number of halogens is 2. The summed E-state index contributed by atoms with van der Waals surface area (Å²) in [6.07, 6.45) is 0.947. The van der Waals surface area contributed by atoms with E-state index in [-0.39, 0.29) is 21.3 Å². The second-order valence-electron chi connectivity index (χ2n) is 7.50. The first kappa shape index (κ1) is 27.6. The van der Waals surface area contributed by atoms with Crippen LogP contribution >= 0.6 is 23.2 Å². The van der Waals surface area contributed by atoms with Gasteiger partial charge in [-0.25, -0.2) is 16.8 Å². The van der Waals surface area contributed by atoms with Crippen LogP contribution in [0, 0.1) is 0 Å². The standard InChI is InChI=1S/C23H23Cl2N3O6S2/c1-3-34-19-9-5-18(6-10-19)27-36(32,33)20-11-7-17(8-12-20)26-23(29)15-28(35(2,30)31)22-13-4-16(24)14-21(22)25/h4-14,27H,3,15H2,1-2H3,(H,26,29). The Morgan fingerprint density at radius 3 is 2.08 bits per heavy atom. The van der Waals surface area contributed by atoms with Crippen LogP contribution in [-0.4, -0.2) is 42.2 Å². The van der Waals surface area contributed by atoms with Crippen molar-refractivity contribution in [2.45, 2.75) is 11.8 Å². The van der Waals surface area contributed by atoms with Crippen LogP contribution in [0.2, 0.25) is 10.0 Å². The molecule has 2 N–H and O–H groups in total. The van der Waals surface area contributed by atoms with Gasteiger partial charge in [-0.1, -0.05) is 23.2 Å². The Hall–Kier alpha value is -2.99. The Balaban J connectivity index is 1.70. The third-order valence-electron chi connectivity index (χ3n) is 4.73. The molecule has 0 spiro atoms. The summed E-state index contributed by atoms with van der Waals surface area (Å²) in [6.45, 7) is 1.79. The Kier molecular flexibility index (Phi) is 8.72. The van der Waals surface area contributed by atoms with Crippen LogP contribution in [0.1, 0.15) is 6.92 Å². The van der Waals surface area contributed by atoms with E-state index in [2.05, 4.69) is 10.0 Å². The van der Waals surface area contributed by atoms with Crippen LogP contribution in [0.25, 0.3) is 0 Å². The Morgan fingerprint density at radius 2 is 1.53 bits per heavy atom. The van der Waals surface area contributed by atoms with Crippen molar-refractivity contribution in [3.05, 3.63) is 76.8 Å². The van der Waals surface area contributed by atoms with Gasteiger partial charge in [-0.05, 0) is 73.7 Å². The summed E-state index contributed by atoms with van der Waals surface area (Å²) in [4.78, 5) is 12.6. The third-order valence-corrected chi connectivity index (χ3v) is 7.79. The van der Waals surface area contributed by atoms with E-state index >= 15 is 0 Å². The molecule has 0 aromatic heterocycles. The average molecular weight is 572 g/mol. The minimum absolute atomic E-state index is 0.0277. The van der Waals surface area contributed by atoms with Crippen molar-refractivity contribution in [3.8, 4) is 5.75 Å². The lowest BCUT2D eigenvalue weighted by molar-refractivity contribution is -0.114. The molecule has 0 saturated heterocycles. The van der Waals surface area contributed by atoms with E-state index in [1.54, 1.807) is 24.3 Å². The molecule has 9 nitrogen and oxygen atoms in total. The van der Waals surface area contributed by atoms with Gasteiger partial charge in [-0.15, -0.1) is 0 Å². The lowest BCUT2D eigenvalue weighted by Crippen LogP contribution is -2.37. The SMILES string of the molecule is CCOc1ccc(NS(=O)(=O)c2ccc(NC(=O)CN(c3ccc(Cl)cc3Cl)S(C)(=O)=O)cc2)cc1. The molecule has 3 aromatic rings. The number of rotatable bonds is 10. The second-order valence-corrected chi connectivity index (χ2v) is 11.9. The summed E-state index contributed by atoms with van der Waals surface area (Å²) >= 11 is 12.0. The lowest BCUT2D eigenvalue weighted by atomic mass is 10.3. The Labute approximate surface area is 220 Å². The summed E-state index contributed by atoms with van der Waals surface area (Å²) in [6, 6.07) is 16.1. The zero-order chi connectivity index (χ0) is 26.5. The number of hydrogen-bond donors (Lipinski definition) is 2. The van der Waals surface area contributed by atoms with Crippen LogP contribution in [-0.2, 0) is 24.8 Å². The summed E-state index contributed by atoms with van der Waals surface area (Å²) in [5, 5.41) is 2.93. The van der Waals surface area contributed by atoms with Gasteiger partial charge in [0.2, 0.25) is 15.9 Å². The quantitative estimate of drug-likeness (QED) is 0.366. The van der Waals surface area contributed by atoms with E-state index in [9.17, 15) is 21.6 Å². The largest absolute Gasteiger partial charge is 0.494 e. The molecule has 3 rings (SSSR count). The van der Waals surface area contributed by atoms with Crippen molar-refractivity contribution in [3.63, 3.8) is 0 Å². The third kappa shape index (κ3) is 7.26. The molecule has 0 aliphatic carbocycles. The van der Waals surface area contributed by atoms with Gasteiger partial charge in [-0.3, -0.25) is 13.8 Å². The van der Waals surface area contributed by atoms with Gasteiger partial charge >= 0.3 is 0 Å². The number of carbonyl (C=O) groups excluding carboxylic acids is 1. The molecule has 13 heteroatoms. The highest BCUT2D eigenvalue weighted by Crippen LogP contribution is 2.30. The van der Waals surface area contributed by atoms with E-state index in [1.165, 1.54) is 42.5 Å². The summed E-state index contributed by atoms with van der Waals surface area (Å²) in [5.41, 5.74) is 0.730. The number of carbonyl (C=O) groups is 1. The number of nitrogens with one attached hydrogen (secondary N) is 2. The van der Waals surface area contributed by atoms with Gasteiger partial charge < -0.3 is 10.1 Å². The van der Waals surface area contributed by atoms with E-state index in [0.717, 1.165) is 10.6 Å². The topological polar surface area (TPSA) is 122 Å². The monoisotopic (exact) mass is 571 g/mol. The maximum absolute atomic E-state index is 12.7. The molecular weight excluding hydrogens is 549 g/mol. The van der Waals surface area contributed by atoms with Crippen molar-refractivity contribution >= 4 is 66.2 Å². The predicted octanol–water partition coefficient (Wildman–Crippen LogP) is 4.60. The molecule has 0 aliphatic heterocycles. The van der Waals surface area contributed by atoms with Crippen LogP contribution in [0.4, 0.5) is 17.1 Å². The van der Waals surface area contributed by atoms with Crippen molar-refractivity contribution in [2.75, 3.05) is 33.8 Å². The number of nitrogens with zero attached hydrogens (tertiary/aromatic N) is 1. The van der Waals surface area contributed by atoms with Crippen LogP contribution in [0.5, 0.6) is 5.75 Å². The van der Waals surface area contributed by atoms with E-state index in [1.807, 2.05) is 6.92 Å². The molecule has 0 unspecified atom stereocenters. The highest BCUT2D eigenvalue weighted by molar-refractivity contribution is 7.92. The minimum Gasteiger partial charge on any atom is -0.494 e. The fourth-order valence-corrected chi connectivity index (χ4v) is 5.60. The van der Waals surface area contributed by atoms with Gasteiger partial charge in [-0.2, -0.15) is 0 Å². The molecule has 1 amide bonds. The number of ether oxygens (including phenoxy) is 1. The molecule has 0 saturated carbocycles. The molecule has 0 fully saturated rings. The van der Waals surface area contributed by atoms with Gasteiger partial charge in [0, 0.05) is 16.4 Å². The summed E-state index contributed by atoms with van der Waals surface area (Å²) < 4.78 is 58.6. The molecule has 0 aliphatic rings. The molecule has 3 aromatic carbocycles. The molecule has 0 heterocycles. The van der Waals surface area contributed by atoms with Crippen LogP contribution in [0.15, 0.2) is 71.6 Å². The summed E-state index contributed by atoms with van der Waals surface area (Å²) in [5.74, 6) is -0.0390. The molecular formula is C23H23Cl2N3O6S2. The van der Waals surface area contributed by atoms with Crippen molar-refractivity contribution in [1.29, 1.82) is 0 Å². The molecule has 192 valence electrons. The summed E-state index contributed by atoms with van der Waals surface area (Å²) in [7, 11) is -7.74. The van der Waals surface area contributed by atoms with Crippen molar-refractivity contribution in [1.82, 2.24) is 0 Å². The Bertz CT molecular complexity index is 1450. The van der Waals surface area contributed by atoms with Crippen LogP contribution in [0.3, 0.4) is 0 Å². The van der Waals surface area contributed by atoms with Crippen LogP contribution < -0.4 is 19.1 Å². The fourth-order valence-electron chi connectivity index (χ4n) is 3.11. The fraction of sp³-hybridized carbons (Fsp3) is 0.174. The molecule has 36 heavy (non-hydrogen) atoms. The number of amides is 1. The average Bonchev–Trinajstić information content (AvgIpc) is 2.79. The molecule has 0 radical (unpaired) electrons. The highest BCUT2D eigenvalue weighted by atomic mass is 35.5. The zero-order valence-electron chi connectivity index (χ0n) is 19.2. The van der Waals surface area contributed by atoms with E-state index in [0.29, 0.717) is 23.1 Å². The van der Waals surface area contributed by atoms with E-state index < -0.39 is 32.5 Å². The zero-order valence-corrected chi connectivity index (χ0v) is 22.4. The highest BCUT2D eigenvalue weighted by Gasteiger charge is 2.23. The number of anilines is 3. The number of hydrogen-bond acceptors (Lipinski definition) is 6. The van der Waals surface area contributed by atoms with Gasteiger partial charge in [0.05, 0.1) is 28.5 Å². The van der Waals surface area contributed by atoms with Gasteiger partial charge in [0.1, 0.15) is 12.3 Å². The van der Waals surface area contributed by atoms with Gasteiger partial charge in [0.25, 0.3) is 10.0 Å². The predicted molar refractivity (Wildman–Crippen MR) is 142 cm³/mol. The van der Waals surface area contributed by atoms with E-state index in [4.69, 9.17) is 27.9 Å². The maximum Gasteiger partial charge on any atom is 0.261 e. The Morgan fingerprint density at radius 1 is 0.917 bits per heavy atom. The molecule has 0 atom stereocenters. The number of sulfonamides is 2. The second kappa shape index (κ2) is 11.4. The van der Waals surface area contributed by atoms with Gasteiger partial charge in [0.15, 0.2) is 0 Å². The molecule has 0 bridgehead atoms. The van der Waals surface area contributed by atoms with Crippen molar-refractivity contribution in [2.24, 2.45) is 0 Å². The smallest absolute Gasteiger partial charge is 0.261 e. The first-order valence-electron chi connectivity index (χ1n) is 10.5. The first-order chi connectivity index (χ1) is 16.9. The first-order valence-corrected chi connectivity index (χ1v) is 14.6. The maximum atomic E-state index is 12.7.